The Morgan fingerprint density at radius 1 is 1.55 bits per heavy atom. The SMILES string of the molecule is CC(N)C1CCCN(C(=O)c2ccc3nc[nH]c3c2)C1. The molecule has 1 saturated heterocycles. The summed E-state index contributed by atoms with van der Waals surface area (Å²) in [6, 6.07) is 5.74. The standard InChI is InChI=1S/C15H20N4O/c1-10(16)12-3-2-6-19(8-12)15(20)11-4-5-13-14(7-11)18-9-17-13/h4-5,7,9-10,12H,2-3,6,8,16H2,1H3,(H,17,18). The average Bonchev–Trinajstić information content (AvgIpc) is 2.94. The lowest BCUT2D eigenvalue weighted by atomic mass is 9.92. The number of carbonyl (C=O) groups excluding carboxylic acids is 1. The summed E-state index contributed by atoms with van der Waals surface area (Å²) in [4.78, 5) is 21.7. The van der Waals surface area contributed by atoms with Gasteiger partial charge in [0.1, 0.15) is 0 Å². The van der Waals surface area contributed by atoms with Crippen LogP contribution < -0.4 is 5.73 Å². The molecule has 1 aromatic heterocycles. The molecule has 1 amide bonds. The van der Waals surface area contributed by atoms with E-state index in [4.69, 9.17) is 5.73 Å². The van der Waals surface area contributed by atoms with E-state index in [1.54, 1.807) is 6.33 Å². The van der Waals surface area contributed by atoms with Gasteiger partial charge in [0.05, 0.1) is 17.4 Å². The zero-order valence-electron chi connectivity index (χ0n) is 11.7. The van der Waals surface area contributed by atoms with Crippen molar-refractivity contribution < 1.29 is 4.79 Å². The quantitative estimate of drug-likeness (QED) is 0.874. The Morgan fingerprint density at radius 2 is 2.40 bits per heavy atom. The molecule has 3 N–H and O–H groups in total. The molecule has 2 atom stereocenters. The number of fused-ring (bicyclic) bond motifs is 1. The maximum Gasteiger partial charge on any atom is 0.253 e. The van der Waals surface area contributed by atoms with Gasteiger partial charge in [0.2, 0.25) is 0 Å². The molecular formula is C15H20N4O. The second kappa shape index (κ2) is 5.25. The summed E-state index contributed by atoms with van der Waals surface area (Å²) >= 11 is 0. The summed E-state index contributed by atoms with van der Waals surface area (Å²) in [5, 5.41) is 0. The summed E-state index contributed by atoms with van der Waals surface area (Å²) in [5.41, 5.74) is 8.47. The number of hydrogen-bond donors (Lipinski definition) is 2. The van der Waals surface area contributed by atoms with Crippen LogP contribution in [0.4, 0.5) is 0 Å². The fourth-order valence-electron chi connectivity index (χ4n) is 2.87. The van der Waals surface area contributed by atoms with Crippen LogP contribution in [0, 0.1) is 5.92 Å². The van der Waals surface area contributed by atoms with Gasteiger partial charge in [-0.25, -0.2) is 4.98 Å². The van der Waals surface area contributed by atoms with Gasteiger partial charge in [-0.05, 0) is 43.9 Å². The molecule has 106 valence electrons. The van der Waals surface area contributed by atoms with Gasteiger partial charge in [0.25, 0.3) is 5.91 Å². The van der Waals surface area contributed by atoms with Crippen molar-refractivity contribution in [3.8, 4) is 0 Å². The minimum atomic E-state index is 0.0897. The molecule has 5 heteroatoms. The second-order valence-electron chi connectivity index (χ2n) is 5.65. The van der Waals surface area contributed by atoms with Crippen molar-refractivity contribution in [2.45, 2.75) is 25.8 Å². The number of nitrogens with zero attached hydrogens (tertiary/aromatic N) is 2. The minimum Gasteiger partial charge on any atom is -0.345 e. The maximum atomic E-state index is 12.6. The van der Waals surface area contributed by atoms with Crippen molar-refractivity contribution in [3.05, 3.63) is 30.1 Å². The van der Waals surface area contributed by atoms with Gasteiger partial charge >= 0.3 is 0 Å². The van der Waals surface area contributed by atoms with Gasteiger partial charge in [-0.2, -0.15) is 0 Å². The first-order valence-electron chi connectivity index (χ1n) is 7.13. The molecule has 2 unspecified atom stereocenters. The van der Waals surface area contributed by atoms with E-state index in [0.717, 1.165) is 37.0 Å². The number of rotatable bonds is 2. The summed E-state index contributed by atoms with van der Waals surface area (Å²) in [7, 11) is 0. The molecular weight excluding hydrogens is 252 g/mol. The number of aromatic nitrogens is 2. The normalized spacial score (nSPS) is 21.1. The lowest BCUT2D eigenvalue weighted by molar-refractivity contribution is 0.0661. The third-order valence-corrected chi connectivity index (χ3v) is 4.16. The summed E-state index contributed by atoms with van der Waals surface area (Å²) in [6.07, 6.45) is 3.79. The number of piperidine rings is 1. The van der Waals surface area contributed by atoms with Crippen LogP contribution in [0.5, 0.6) is 0 Å². The number of nitrogens with one attached hydrogen (secondary N) is 1. The molecule has 0 spiro atoms. The number of benzene rings is 1. The van der Waals surface area contributed by atoms with Gasteiger partial charge in [-0.3, -0.25) is 4.79 Å². The van der Waals surface area contributed by atoms with E-state index in [0.29, 0.717) is 11.5 Å². The van der Waals surface area contributed by atoms with E-state index in [1.807, 2.05) is 30.0 Å². The van der Waals surface area contributed by atoms with Crippen LogP contribution in [-0.2, 0) is 0 Å². The highest BCUT2D eigenvalue weighted by Crippen LogP contribution is 2.21. The molecule has 1 aromatic carbocycles. The van der Waals surface area contributed by atoms with E-state index in [-0.39, 0.29) is 11.9 Å². The predicted molar refractivity (Wildman–Crippen MR) is 78.4 cm³/mol. The predicted octanol–water partition coefficient (Wildman–Crippen LogP) is 1.76. The van der Waals surface area contributed by atoms with Gasteiger partial charge in [-0.1, -0.05) is 0 Å². The third-order valence-electron chi connectivity index (χ3n) is 4.16. The number of likely N-dealkylation sites (tertiary alicyclic amines) is 1. The number of nitrogens with two attached hydrogens (primary N) is 1. The summed E-state index contributed by atoms with van der Waals surface area (Å²) < 4.78 is 0. The van der Waals surface area contributed by atoms with Crippen LogP contribution in [0.1, 0.15) is 30.1 Å². The zero-order valence-corrected chi connectivity index (χ0v) is 11.7. The molecule has 0 aliphatic carbocycles. The number of carbonyl (C=O) groups is 1. The number of aromatic amines is 1. The Labute approximate surface area is 118 Å². The lowest BCUT2D eigenvalue weighted by Crippen LogP contribution is -2.45. The van der Waals surface area contributed by atoms with Crippen LogP contribution >= 0.6 is 0 Å². The van der Waals surface area contributed by atoms with Crippen molar-refractivity contribution in [2.24, 2.45) is 11.7 Å². The van der Waals surface area contributed by atoms with Crippen LogP contribution in [0.2, 0.25) is 0 Å². The summed E-state index contributed by atoms with van der Waals surface area (Å²) in [6.45, 7) is 3.61. The van der Waals surface area contributed by atoms with Crippen molar-refractivity contribution in [2.75, 3.05) is 13.1 Å². The number of H-pyrrole nitrogens is 1. The highest BCUT2D eigenvalue weighted by atomic mass is 16.2. The number of imidazole rings is 1. The average molecular weight is 272 g/mol. The highest BCUT2D eigenvalue weighted by molar-refractivity contribution is 5.97. The molecule has 1 aliphatic heterocycles. The van der Waals surface area contributed by atoms with Gasteiger partial charge in [-0.15, -0.1) is 0 Å². The smallest absolute Gasteiger partial charge is 0.253 e. The van der Waals surface area contributed by atoms with Crippen LogP contribution in [0.15, 0.2) is 24.5 Å². The summed E-state index contributed by atoms with van der Waals surface area (Å²) in [5.74, 6) is 0.496. The van der Waals surface area contributed by atoms with Gasteiger partial charge < -0.3 is 15.6 Å². The Balaban J connectivity index is 1.80. The zero-order chi connectivity index (χ0) is 14.1. The van der Waals surface area contributed by atoms with Crippen LogP contribution in [0.3, 0.4) is 0 Å². The molecule has 1 aliphatic rings. The first-order chi connectivity index (χ1) is 9.65. The number of amides is 1. The van der Waals surface area contributed by atoms with E-state index in [1.165, 1.54) is 0 Å². The van der Waals surface area contributed by atoms with E-state index in [2.05, 4.69) is 9.97 Å². The lowest BCUT2D eigenvalue weighted by Gasteiger charge is -2.34. The molecule has 5 nitrogen and oxygen atoms in total. The first kappa shape index (κ1) is 13.1. The molecule has 1 fully saturated rings. The molecule has 0 saturated carbocycles. The van der Waals surface area contributed by atoms with Crippen LogP contribution in [0.25, 0.3) is 11.0 Å². The topological polar surface area (TPSA) is 75.0 Å². The van der Waals surface area contributed by atoms with E-state index < -0.39 is 0 Å². The largest absolute Gasteiger partial charge is 0.345 e. The van der Waals surface area contributed by atoms with Crippen LogP contribution in [-0.4, -0.2) is 39.9 Å². The molecule has 0 radical (unpaired) electrons. The number of hydrogen-bond acceptors (Lipinski definition) is 3. The van der Waals surface area contributed by atoms with Gasteiger partial charge in [0, 0.05) is 24.7 Å². The Kier molecular flexibility index (Phi) is 3.44. The fraction of sp³-hybridized carbons (Fsp3) is 0.467. The minimum absolute atomic E-state index is 0.0897. The first-order valence-corrected chi connectivity index (χ1v) is 7.13. The molecule has 0 bridgehead atoms. The Hall–Kier alpha value is -1.88. The van der Waals surface area contributed by atoms with Gasteiger partial charge in [0.15, 0.2) is 0 Å². The van der Waals surface area contributed by atoms with Crippen molar-refractivity contribution in [3.63, 3.8) is 0 Å². The van der Waals surface area contributed by atoms with Crippen molar-refractivity contribution in [1.29, 1.82) is 0 Å². The Bertz CT molecular complexity index is 619. The maximum absolute atomic E-state index is 12.6. The highest BCUT2D eigenvalue weighted by Gasteiger charge is 2.26. The fourth-order valence-corrected chi connectivity index (χ4v) is 2.87. The molecule has 20 heavy (non-hydrogen) atoms. The molecule has 3 rings (SSSR count). The van der Waals surface area contributed by atoms with Crippen molar-refractivity contribution >= 4 is 16.9 Å². The second-order valence-corrected chi connectivity index (χ2v) is 5.65. The van der Waals surface area contributed by atoms with E-state index >= 15 is 0 Å². The van der Waals surface area contributed by atoms with E-state index in [9.17, 15) is 4.79 Å². The molecule has 2 aromatic rings. The molecule has 2 heterocycles. The Morgan fingerprint density at radius 3 is 3.20 bits per heavy atom. The monoisotopic (exact) mass is 272 g/mol. The third kappa shape index (κ3) is 2.41. The van der Waals surface area contributed by atoms with Crippen molar-refractivity contribution in [1.82, 2.24) is 14.9 Å².